The molecule has 0 spiro atoms. The van der Waals surface area contributed by atoms with E-state index in [1.165, 1.54) is 11.9 Å². The molecule has 0 atom stereocenters. The third-order valence-electron chi connectivity index (χ3n) is 4.16. The lowest BCUT2D eigenvalue weighted by Crippen LogP contribution is -2.17. The van der Waals surface area contributed by atoms with E-state index in [0.717, 1.165) is 30.0 Å². The van der Waals surface area contributed by atoms with E-state index in [-0.39, 0.29) is 0 Å². The Kier molecular flexibility index (Phi) is 3.49. The van der Waals surface area contributed by atoms with Gasteiger partial charge in [-0.3, -0.25) is 0 Å². The normalized spacial score (nSPS) is 13.0. The van der Waals surface area contributed by atoms with Crippen LogP contribution in [0.25, 0.3) is 0 Å². The van der Waals surface area contributed by atoms with Crippen molar-refractivity contribution in [1.82, 2.24) is 15.0 Å². The minimum atomic E-state index is 0.525. The molecule has 1 aliphatic rings. The molecule has 0 saturated heterocycles. The van der Waals surface area contributed by atoms with Crippen LogP contribution in [-0.2, 0) is 6.42 Å². The number of para-hydroxylation sites is 1. The van der Waals surface area contributed by atoms with Crippen LogP contribution in [0.4, 0.5) is 28.8 Å². The molecule has 120 valence electrons. The van der Waals surface area contributed by atoms with E-state index in [0.29, 0.717) is 17.3 Å². The number of aryl methyl sites for hydroxylation is 1. The number of rotatable bonds is 3. The number of benzene rings is 1. The molecular weight excluding hydrogens is 300 g/mol. The van der Waals surface area contributed by atoms with E-state index in [1.54, 1.807) is 6.20 Å². The first-order chi connectivity index (χ1) is 11.7. The maximum Gasteiger partial charge on any atom is 0.161 e. The average Bonchev–Trinajstić information content (AvgIpc) is 3.03. The molecule has 3 heterocycles. The molecule has 3 aromatic rings. The van der Waals surface area contributed by atoms with Gasteiger partial charge in [0.2, 0.25) is 0 Å². The number of hydrogen-bond donors (Lipinski definition) is 2. The van der Waals surface area contributed by atoms with Crippen LogP contribution < -0.4 is 16.0 Å². The van der Waals surface area contributed by atoms with Crippen LogP contribution in [-0.4, -0.2) is 21.5 Å². The number of nitrogen functional groups attached to an aromatic ring is 1. The molecule has 4 rings (SSSR count). The fraction of sp³-hybridized carbons (Fsp3) is 0.167. The Morgan fingerprint density at radius 3 is 2.79 bits per heavy atom. The number of nitrogens with two attached hydrogens (primary N) is 1. The third kappa shape index (κ3) is 2.52. The van der Waals surface area contributed by atoms with Crippen molar-refractivity contribution in [3.63, 3.8) is 0 Å². The van der Waals surface area contributed by atoms with E-state index >= 15 is 0 Å². The number of nitrogens with one attached hydrogen (secondary N) is 1. The number of fused-ring (bicyclic) bond motifs is 1. The quantitative estimate of drug-likeness (QED) is 0.772. The Balaban J connectivity index is 1.68. The maximum absolute atomic E-state index is 6.34. The standard InChI is InChI=1S/C18H18N6/c1-12-6-7-15(20-10-12)23-17-16(19)18(22-11-21-17)24-9-8-13-4-2-3-5-14(13)24/h2-7,10-11H,8-9,19H2,1H3,(H,20,21,22,23). The van der Waals surface area contributed by atoms with Gasteiger partial charge in [0, 0.05) is 18.4 Å². The Labute approximate surface area is 140 Å². The maximum atomic E-state index is 6.34. The van der Waals surface area contributed by atoms with Gasteiger partial charge in [0.1, 0.15) is 17.8 Å². The summed E-state index contributed by atoms with van der Waals surface area (Å²) in [7, 11) is 0. The summed E-state index contributed by atoms with van der Waals surface area (Å²) in [5.74, 6) is 2.00. The molecule has 6 heteroatoms. The van der Waals surface area contributed by atoms with Crippen molar-refractivity contribution >= 4 is 28.8 Å². The predicted molar refractivity (Wildman–Crippen MR) is 95.9 cm³/mol. The fourth-order valence-electron chi connectivity index (χ4n) is 2.92. The number of pyridine rings is 1. The van der Waals surface area contributed by atoms with Crippen LogP contribution in [0.15, 0.2) is 48.9 Å². The van der Waals surface area contributed by atoms with Gasteiger partial charge in [-0.1, -0.05) is 24.3 Å². The minimum absolute atomic E-state index is 0.525. The lowest BCUT2D eigenvalue weighted by Gasteiger charge is -2.21. The highest BCUT2D eigenvalue weighted by atomic mass is 15.2. The van der Waals surface area contributed by atoms with E-state index in [4.69, 9.17) is 5.73 Å². The number of anilines is 5. The SMILES string of the molecule is Cc1ccc(Nc2ncnc(N3CCc4ccccc43)c2N)nc1. The number of aromatic nitrogens is 3. The summed E-state index contributed by atoms with van der Waals surface area (Å²) in [6, 6.07) is 12.2. The molecule has 0 saturated carbocycles. The minimum Gasteiger partial charge on any atom is -0.393 e. The van der Waals surface area contributed by atoms with Crippen molar-refractivity contribution in [1.29, 1.82) is 0 Å². The first-order valence-electron chi connectivity index (χ1n) is 7.88. The van der Waals surface area contributed by atoms with Gasteiger partial charge < -0.3 is 16.0 Å². The molecule has 3 N–H and O–H groups in total. The number of nitrogens with zero attached hydrogens (tertiary/aromatic N) is 4. The van der Waals surface area contributed by atoms with Crippen LogP contribution in [0.5, 0.6) is 0 Å². The molecule has 0 unspecified atom stereocenters. The molecule has 0 aliphatic carbocycles. The molecule has 0 amide bonds. The van der Waals surface area contributed by atoms with Crippen LogP contribution >= 0.6 is 0 Å². The Morgan fingerprint density at radius 2 is 1.96 bits per heavy atom. The Bertz CT molecular complexity index is 875. The first kappa shape index (κ1) is 14.4. The summed E-state index contributed by atoms with van der Waals surface area (Å²) < 4.78 is 0. The number of hydrogen-bond acceptors (Lipinski definition) is 6. The van der Waals surface area contributed by atoms with Gasteiger partial charge in [0.25, 0.3) is 0 Å². The molecular formula is C18H18N6. The zero-order valence-electron chi connectivity index (χ0n) is 13.4. The van der Waals surface area contributed by atoms with Crippen molar-refractivity contribution in [2.75, 3.05) is 22.5 Å². The van der Waals surface area contributed by atoms with Crippen LogP contribution in [0.2, 0.25) is 0 Å². The average molecular weight is 318 g/mol. The van der Waals surface area contributed by atoms with E-state index < -0.39 is 0 Å². The Morgan fingerprint density at radius 1 is 1.08 bits per heavy atom. The van der Waals surface area contributed by atoms with Crippen molar-refractivity contribution < 1.29 is 0 Å². The zero-order chi connectivity index (χ0) is 16.5. The molecule has 24 heavy (non-hydrogen) atoms. The van der Waals surface area contributed by atoms with Crippen LogP contribution in [0, 0.1) is 6.92 Å². The zero-order valence-corrected chi connectivity index (χ0v) is 13.4. The van der Waals surface area contributed by atoms with Gasteiger partial charge >= 0.3 is 0 Å². The Hall–Kier alpha value is -3.15. The van der Waals surface area contributed by atoms with Gasteiger partial charge in [0.15, 0.2) is 11.6 Å². The summed E-state index contributed by atoms with van der Waals surface area (Å²) in [5, 5.41) is 3.17. The molecule has 1 aliphatic heterocycles. The monoisotopic (exact) mass is 318 g/mol. The largest absolute Gasteiger partial charge is 0.393 e. The topological polar surface area (TPSA) is 80.0 Å². The molecule has 0 bridgehead atoms. The molecule has 0 radical (unpaired) electrons. The first-order valence-corrected chi connectivity index (χ1v) is 7.88. The highest BCUT2D eigenvalue weighted by Crippen LogP contribution is 2.37. The van der Waals surface area contributed by atoms with E-state index in [9.17, 15) is 0 Å². The highest BCUT2D eigenvalue weighted by molar-refractivity contribution is 5.82. The molecule has 2 aromatic heterocycles. The molecule has 1 aromatic carbocycles. The summed E-state index contributed by atoms with van der Waals surface area (Å²) in [5.41, 5.74) is 10.4. The molecule has 0 fully saturated rings. The van der Waals surface area contributed by atoms with Crippen molar-refractivity contribution in [2.45, 2.75) is 13.3 Å². The second-order valence-corrected chi connectivity index (χ2v) is 5.84. The predicted octanol–water partition coefficient (Wildman–Crippen LogP) is 3.20. The van der Waals surface area contributed by atoms with Crippen molar-refractivity contribution in [3.8, 4) is 0 Å². The summed E-state index contributed by atoms with van der Waals surface area (Å²) in [6.45, 7) is 2.86. The second kappa shape index (κ2) is 5.81. The van der Waals surface area contributed by atoms with Gasteiger partial charge in [-0.15, -0.1) is 0 Å². The summed E-state index contributed by atoms with van der Waals surface area (Å²) >= 11 is 0. The smallest absolute Gasteiger partial charge is 0.161 e. The highest BCUT2D eigenvalue weighted by Gasteiger charge is 2.23. The van der Waals surface area contributed by atoms with Gasteiger partial charge in [-0.2, -0.15) is 0 Å². The van der Waals surface area contributed by atoms with Gasteiger partial charge in [-0.05, 0) is 36.6 Å². The van der Waals surface area contributed by atoms with E-state index in [2.05, 4.69) is 43.4 Å². The fourth-order valence-corrected chi connectivity index (χ4v) is 2.92. The summed E-state index contributed by atoms with van der Waals surface area (Å²) in [6.07, 6.45) is 4.32. The summed E-state index contributed by atoms with van der Waals surface area (Å²) in [4.78, 5) is 15.2. The van der Waals surface area contributed by atoms with Crippen molar-refractivity contribution in [2.24, 2.45) is 0 Å². The molecule has 6 nitrogen and oxygen atoms in total. The lowest BCUT2D eigenvalue weighted by atomic mass is 10.2. The second-order valence-electron chi connectivity index (χ2n) is 5.84. The van der Waals surface area contributed by atoms with Crippen LogP contribution in [0.3, 0.4) is 0 Å². The van der Waals surface area contributed by atoms with Crippen molar-refractivity contribution in [3.05, 3.63) is 60.0 Å². The van der Waals surface area contributed by atoms with Gasteiger partial charge in [0.05, 0.1) is 0 Å². The van der Waals surface area contributed by atoms with Gasteiger partial charge in [-0.25, -0.2) is 15.0 Å². The van der Waals surface area contributed by atoms with Crippen LogP contribution in [0.1, 0.15) is 11.1 Å². The lowest BCUT2D eigenvalue weighted by molar-refractivity contribution is 0.967. The van der Waals surface area contributed by atoms with E-state index in [1.807, 2.05) is 25.1 Å². The third-order valence-corrected chi connectivity index (χ3v) is 4.16.